The summed E-state index contributed by atoms with van der Waals surface area (Å²) in [7, 11) is 0. The molecular formula is C14H11BrO2S. The van der Waals surface area contributed by atoms with Crippen LogP contribution in [0.25, 0.3) is 0 Å². The van der Waals surface area contributed by atoms with Gasteiger partial charge >= 0.3 is 0 Å². The molecule has 0 fully saturated rings. The highest BCUT2D eigenvalue weighted by Crippen LogP contribution is 2.29. The second-order valence-electron chi connectivity index (χ2n) is 4.29. The summed E-state index contributed by atoms with van der Waals surface area (Å²) in [6.45, 7) is 0. The van der Waals surface area contributed by atoms with Gasteiger partial charge in [0.25, 0.3) is 0 Å². The average molecular weight is 323 g/mol. The highest BCUT2D eigenvalue weighted by Gasteiger charge is 2.28. The molecular weight excluding hydrogens is 312 g/mol. The van der Waals surface area contributed by atoms with E-state index in [1.165, 1.54) is 0 Å². The van der Waals surface area contributed by atoms with Crippen LogP contribution in [0.2, 0.25) is 0 Å². The van der Waals surface area contributed by atoms with Crippen LogP contribution in [0, 0.1) is 0 Å². The molecule has 2 heterocycles. The molecule has 1 unspecified atom stereocenters. The summed E-state index contributed by atoms with van der Waals surface area (Å²) in [6, 6.07) is 9.84. The molecule has 0 saturated carbocycles. The highest BCUT2D eigenvalue weighted by atomic mass is 79.9. The van der Waals surface area contributed by atoms with Crippen LogP contribution in [0.3, 0.4) is 0 Å². The van der Waals surface area contributed by atoms with Crippen LogP contribution >= 0.6 is 27.3 Å². The number of carbonyl (C=O) groups excluding carboxylic acids is 1. The number of carbonyl (C=O) groups is 1. The number of ether oxygens (including phenoxy) is 1. The van der Waals surface area contributed by atoms with Crippen LogP contribution in [-0.4, -0.2) is 11.9 Å². The lowest BCUT2D eigenvalue weighted by Crippen LogP contribution is -2.26. The number of hydrogen-bond acceptors (Lipinski definition) is 3. The van der Waals surface area contributed by atoms with Gasteiger partial charge in [-0.05, 0) is 33.6 Å². The van der Waals surface area contributed by atoms with Crippen molar-refractivity contribution in [3.8, 4) is 5.75 Å². The van der Waals surface area contributed by atoms with Crippen molar-refractivity contribution in [3.05, 3.63) is 50.6 Å². The van der Waals surface area contributed by atoms with E-state index in [4.69, 9.17) is 4.74 Å². The minimum Gasteiger partial charge on any atom is -0.482 e. The summed E-state index contributed by atoms with van der Waals surface area (Å²) in [6.07, 6.45) is 0.833. The summed E-state index contributed by atoms with van der Waals surface area (Å²) in [5, 5.41) is 1.99. The van der Waals surface area contributed by atoms with Crippen molar-refractivity contribution in [1.82, 2.24) is 0 Å². The first-order chi connectivity index (χ1) is 8.72. The molecule has 0 N–H and O–H groups in total. The van der Waals surface area contributed by atoms with Crippen molar-refractivity contribution in [2.75, 3.05) is 0 Å². The fourth-order valence-corrected chi connectivity index (χ4v) is 3.55. The Morgan fingerprint density at radius 1 is 1.44 bits per heavy atom. The number of benzene rings is 1. The summed E-state index contributed by atoms with van der Waals surface area (Å²) < 4.78 is 6.72. The lowest BCUT2D eigenvalue weighted by Gasteiger charge is -2.08. The van der Waals surface area contributed by atoms with E-state index in [1.54, 1.807) is 11.3 Å². The van der Waals surface area contributed by atoms with E-state index in [2.05, 4.69) is 15.9 Å². The Morgan fingerprint density at radius 2 is 2.28 bits per heavy atom. The van der Waals surface area contributed by atoms with Gasteiger partial charge in [0.15, 0.2) is 11.9 Å². The number of rotatable bonds is 3. The van der Waals surface area contributed by atoms with Crippen molar-refractivity contribution in [2.24, 2.45) is 0 Å². The Labute approximate surface area is 118 Å². The number of ketones is 1. The third kappa shape index (κ3) is 2.35. The van der Waals surface area contributed by atoms with Gasteiger partial charge in [0.1, 0.15) is 5.75 Å². The topological polar surface area (TPSA) is 26.3 Å². The van der Waals surface area contributed by atoms with Gasteiger partial charge in [-0.3, -0.25) is 4.79 Å². The van der Waals surface area contributed by atoms with E-state index < -0.39 is 0 Å². The Morgan fingerprint density at radius 3 is 3.00 bits per heavy atom. The van der Waals surface area contributed by atoms with E-state index in [1.807, 2.05) is 35.7 Å². The third-order valence-corrected chi connectivity index (χ3v) is 4.67. The summed E-state index contributed by atoms with van der Waals surface area (Å²) >= 11 is 4.99. The van der Waals surface area contributed by atoms with Gasteiger partial charge < -0.3 is 4.74 Å². The van der Waals surface area contributed by atoms with Gasteiger partial charge in [-0.2, -0.15) is 0 Å². The van der Waals surface area contributed by atoms with Crippen molar-refractivity contribution in [3.63, 3.8) is 0 Å². The predicted octanol–water partition coefficient (Wildman–Crippen LogP) is 3.63. The SMILES string of the molecule is O=C(Cc1cc(Br)cs1)C1Cc2ccccc2O1. The molecule has 0 bridgehead atoms. The zero-order chi connectivity index (χ0) is 12.5. The summed E-state index contributed by atoms with van der Waals surface area (Å²) in [4.78, 5) is 13.2. The maximum absolute atomic E-state index is 12.2. The van der Waals surface area contributed by atoms with Crippen LogP contribution in [0.15, 0.2) is 40.2 Å². The van der Waals surface area contributed by atoms with E-state index in [9.17, 15) is 4.79 Å². The second-order valence-corrected chi connectivity index (χ2v) is 6.20. The van der Waals surface area contributed by atoms with Crippen molar-refractivity contribution >= 4 is 33.0 Å². The molecule has 0 radical (unpaired) electrons. The first kappa shape index (κ1) is 11.9. The van der Waals surface area contributed by atoms with Crippen LogP contribution in [0.1, 0.15) is 10.4 Å². The summed E-state index contributed by atoms with van der Waals surface area (Å²) in [5.74, 6) is 1.00. The number of halogens is 1. The second kappa shape index (κ2) is 4.86. The molecule has 2 nitrogen and oxygen atoms in total. The molecule has 2 aromatic rings. The number of thiophene rings is 1. The first-order valence-electron chi connectivity index (χ1n) is 5.72. The number of para-hydroxylation sites is 1. The molecule has 1 aromatic carbocycles. The van der Waals surface area contributed by atoms with Crippen LogP contribution in [0.4, 0.5) is 0 Å². The standard InChI is InChI=1S/C14H11BrO2S/c15-10-6-11(18-8-10)7-12(16)14-5-9-3-1-2-4-13(9)17-14/h1-4,6,8,14H,5,7H2. The number of fused-ring (bicyclic) bond motifs is 1. The minimum absolute atomic E-state index is 0.153. The van der Waals surface area contributed by atoms with Crippen LogP contribution in [-0.2, 0) is 17.6 Å². The maximum atomic E-state index is 12.2. The molecule has 0 saturated heterocycles. The van der Waals surface area contributed by atoms with Crippen LogP contribution < -0.4 is 4.74 Å². The van der Waals surface area contributed by atoms with Gasteiger partial charge in [-0.15, -0.1) is 11.3 Å². The monoisotopic (exact) mass is 322 g/mol. The van der Waals surface area contributed by atoms with Crippen molar-refractivity contribution in [2.45, 2.75) is 18.9 Å². The van der Waals surface area contributed by atoms with Gasteiger partial charge in [0, 0.05) is 27.6 Å². The van der Waals surface area contributed by atoms with Crippen molar-refractivity contribution < 1.29 is 9.53 Å². The molecule has 0 aliphatic carbocycles. The number of hydrogen-bond donors (Lipinski definition) is 0. The lowest BCUT2D eigenvalue weighted by molar-refractivity contribution is -0.124. The summed E-state index contributed by atoms with van der Waals surface area (Å²) in [5.41, 5.74) is 1.13. The smallest absolute Gasteiger partial charge is 0.178 e. The lowest BCUT2D eigenvalue weighted by atomic mass is 10.1. The average Bonchev–Trinajstić information content (AvgIpc) is 2.95. The Kier molecular flexibility index (Phi) is 3.22. The van der Waals surface area contributed by atoms with E-state index >= 15 is 0 Å². The molecule has 4 heteroatoms. The Bertz CT molecular complexity index is 566. The normalized spacial score (nSPS) is 17.3. The van der Waals surface area contributed by atoms with E-state index in [0.29, 0.717) is 12.8 Å². The Hall–Kier alpha value is -1.13. The molecule has 1 aliphatic heterocycles. The van der Waals surface area contributed by atoms with Gasteiger partial charge in [-0.1, -0.05) is 18.2 Å². The van der Waals surface area contributed by atoms with E-state index in [0.717, 1.165) is 20.7 Å². The molecule has 92 valence electrons. The van der Waals surface area contributed by atoms with Crippen molar-refractivity contribution in [1.29, 1.82) is 0 Å². The van der Waals surface area contributed by atoms with E-state index in [-0.39, 0.29) is 11.9 Å². The van der Waals surface area contributed by atoms with Gasteiger partial charge in [-0.25, -0.2) is 0 Å². The largest absolute Gasteiger partial charge is 0.482 e. The Balaban J connectivity index is 1.69. The van der Waals surface area contributed by atoms with Gasteiger partial charge in [0.05, 0.1) is 0 Å². The third-order valence-electron chi connectivity index (χ3n) is 2.98. The minimum atomic E-state index is -0.316. The molecule has 1 aliphatic rings. The first-order valence-corrected chi connectivity index (χ1v) is 7.40. The van der Waals surface area contributed by atoms with Gasteiger partial charge in [0.2, 0.25) is 0 Å². The quantitative estimate of drug-likeness (QED) is 0.862. The molecule has 1 atom stereocenters. The number of Topliss-reactive ketones (excluding diaryl/α,β-unsaturated/α-hetero) is 1. The maximum Gasteiger partial charge on any atom is 0.178 e. The fraction of sp³-hybridized carbons (Fsp3) is 0.214. The highest BCUT2D eigenvalue weighted by molar-refractivity contribution is 9.10. The molecule has 1 aromatic heterocycles. The molecule has 18 heavy (non-hydrogen) atoms. The predicted molar refractivity (Wildman–Crippen MR) is 75.3 cm³/mol. The van der Waals surface area contributed by atoms with Crippen LogP contribution in [0.5, 0.6) is 5.75 Å². The molecule has 3 rings (SSSR count). The molecule has 0 spiro atoms. The zero-order valence-electron chi connectivity index (χ0n) is 9.56. The molecule has 0 amide bonds. The zero-order valence-corrected chi connectivity index (χ0v) is 12.0. The fourth-order valence-electron chi connectivity index (χ4n) is 2.09.